The van der Waals surface area contributed by atoms with Gasteiger partial charge in [0.2, 0.25) is 0 Å². The van der Waals surface area contributed by atoms with Crippen LogP contribution in [-0.4, -0.2) is 34.4 Å². The van der Waals surface area contributed by atoms with Crippen molar-refractivity contribution in [1.29, 1.82) is 0 Å². The molecule has 90 valence electrons. The van der Waals surface area contributed by atoms with Gasteiger partial charge in [0.1, 0.15) is 0 Å². The zero-order chi connectivity index (χ0) is 12.2. The van der Waals surface area contributed by atoms with Crippen LogP contribution < -0.4 is 5.32 Å². The first-order chi connectivity index (χ1) is 7.37. The Morgan fingerprint density at radius 2 is 2.06 bits per heavy atom. The van der Waals surface area contributed by atoms with Crippen molar-refractivity contribution in [3.63, 3.8) is 0 Å². The summed E-state index contributed by atoms with van der Waals surface area (Å²) in [6.07, 6.45) is -0.248. The molecule has 1 aromatic rings. The minimum atomic E-state index is -4.33. The summed E-state index contributed by atoms with van der Waals surface area (Å²) in [5.74, 6) is 0. The Morgan fingerprint density at radius 1 is 1.38 bits per heavy atom. The van der Waals surface area contributed by atoms with E-state index in [0.29, 0.717) is 0 Å². The highest BCUT2D eigenvalue weighted by Gasteiger charge is 2.34. The smallest absolute Gasteiger partial charge is 0.394 e. The van der Waals surface area contributed by atoms with Crippen molar-refractivity contribution < 1.29 is 18.3 Å². The van der Waals surface area contributed by atoms with Gasteiger partial charge < -0.3 is 5.11 Å². The Morgan fingerprint density at radius 3 is 2.50 bits per heavy atom. The third-order valence-corrected chi connectivity index (χ3v) is 2.12. The number of halogens is 3. The molecule has 0 spiro atoms. The summed E-state index contributed by atoms with van der Waals surface area (Å²) in [6, 6.07) is 0. The Kier molecular flexibility index (Phi) is 3.82. The second-order valence-electron chi connectivity index (χ2n) is 3.55. The van der Waals surface area contributed by atoms with E-state index in [2.05, 4.69) is 15.3 Å². The topological polar surface area (TPSA) is 58.0 Å². The number of aliphatic hydroxyl groups excluding tert-OH is 1. The van der Waals surface area contributed by atoms with Crippen molar-refractivity contribution in [2.24, 2.45) is 0 Å². The van der Waals surface area contributed by atoms with Crippen molar-refractivity contribution in [2.75, 3.05) is 13.2 Å². The molecule has 1 aromatic heterocycles. The summed E-state index contributed by atoms with van der Waals surface area (Å²) in [6.45, 7) is -0.259. The van der Waals surface area contributed by atoms with Crippen LogP contribution in [-0.2, 0) is 5.54 Å². The lowest BCUT2D eigenvalue weighted by Gasteiger charge is -2.28. The molecule has 0 fully saturated rings. The highest BCUT2D eigenvalue weighted by atomic mass is 19.4. The van der Waals surface area contributed by atoms with E-state index in [0.717, 1.165) is 0 Å². The van der Waals surface area contributed by atoms with Crippen LogP contribution >= 0.6 is 0 Å². The standard InChI is InChI=1S/C9H12F3N3O/c1-8(6-16,15-5-9(10,11)12)7-4-13-2-3-14-7/h2-4,15-16H,5-6H2,1H3. The van der Waals surface area contributed by atoms with Gasteiger partial charge in [0.05, 0.1) is 30.6 Å². The third kappa shape index (κ3) is 3.42. The molecule has 0 saturated heterocycles. The zero-order valence-corrected chi connectivity index (χ0v) is 8.62. The molecule has 1 unspecified atom stereocenters. The van der Waals surface area contributed by atoms with Gasteiger partial charge in [-0.3, -0.25) is 15.3 Å². The number of aliphatic hydroxyl groups is 1. The second kappa shape index (κ2) is 4.75. The average molecular weight is 235 g/mol. The van der Waals surface area contributed by atoms with Crippen molar-refractivity contribution in [3.8, 4) is 0 Å². The molecule has 0 aliphatic carbocycles. The van der Waals surface area contributed by atoms with Crippen molar-refractivity contribution >= 4 is 0 Å². The Hall–Kier alpha value is -1.21. The van der Waals surface area contributed by atoms with Gasteiger partial charge in [0, 0.05) is 12.4 Å². The summed E-state index contributed by atoms with van der Waals surface area (Å²) in [5, 5.41) is 11.4. The van der Waals surface area contributed by atoms with Gasteiger partial charge in [-0.2, -0.15) is 13.2 Å². The Labute approximate surface area is 90.5 Å². The van der Waals surface area contributed by atoms with Crippen LogP contribution in [0.5, 0.6) is 0 Å². The average Bonchev–Trinajstić information content (AvgIpc) is 2.26. The van der Waals surface area contributed by atoms with E-state index in [1.807, 2.05) is 0 Å². The van der Waals surface area contributed by atoms with Gasteiger partial charge in [-0.15, -0.1) is 0 Å². The SMILES string of the molecule is CC(CO)(NCC(F)(F)F)c1cnccn1. The van der Waals surface area contributed by atoms with Gasteiger partial charge >= 0.3 is 6.18 Å². The van der Waals surface area contributed by atoms with Crippen LogP contribution in [0, 0.1) is 0 Å². The normalized spacial score (nSPS) is 15.8. The van der Waals surface area contributed by atoms with E-state index < -0.39 is 24.9 Å². The van der Waals surface area contributed by atoms with E-state index in [-0.39, 0.29) is 5.69 Å². The molecule has 1 heterocycles. The Bertz CT molecular complexity index is 331. The number of aromatic nitrogens is 2. The van der Waals surface area contributed by atoms with Crippen LogP contribution in [0.3, 0.4) is 0 Å². The number of rotatable bonds is 4. The minimum absolute atomic E-state index is 0.266. The largest absolute Gasteiger partial charge is 0.401 e. The molecule has 2 N–H and O–H groups in total. The third-order valence-electron chi connectivity index (χ3n) is 2.12. The maximum atomic E-state index is 12.1. The van der Waals surface area contributed by atoms with E-state index in [1.54, 1.807) is 0 Å². The molecular formula is C9H12F3N3O. The number of hydrogen-bond acceptors (Lipinski definition) is 4. The summed E-state index contributed by atoms with van der Waals surface area (Å²) >= 11 is 0. The minimum Gasteiger partial charge on any atom is -0.394 e. The van der Waals surface area contributed by atoms with Gasteiger partial charge in [-0.25, -0.2) is 0 Å². The first kappa shape index (κ1) is 12.9. The fourth-order valence-electron chi connectivity index (χ4n) is 1.11. The molecule has 0 aromatic carbocycles. The second-order valence-corrected chi connectivity index (χ2v) is 3.55. The maximum absolute atomic E-state index is 12.1. The molecule has 0 amide bonds. The molecule has 0 aliphatic heterocycles. The van der Waals surface area contributed by atoms with E-state index in [1.165, 1.54) is 25.5 Å². The van der Waals surface area contributed by atoms with Crippen LogP contribution in [0.2, 0.25) is 0 Å². The Balaban J connectivity index is 2.79. The zero-order valence-electron chi connectivity index (χ0n) is 8.62. The first-order valence-corrected chi connectivity index (χ1v) is 4.56. The summed E-state index contributed by atoms with van der Waals surface area (Å²) < 4.78 is 36.2. The number of nitrogens with zero attached hydrogens (tertiary/aromatic N) is 2. The van der Waals surface area contributed by atoms with Gasteiger partial charge in [-0.05, 0) is 6.92 Å². The lowest BCUT2D eigenvalue weighted by molar-refractivity contribution is -0.129. The highest BCUT2D eigenvalue weighted by molar-refractivity contribution is 5.10. The lowest BCUT2D eigenvalue weighted by Crippen LogP contribution is -2.47. The van der Waals surface area contributed by atoms with Gasteiger partial charge in [0.25, 0.3) is 0 Å². The van der Waals surface area contributed by atoms with Crippen molar-refractivity contribution in [1.82, 2.24) is 15.3 Å². The van der Waals surface area contributed by atoms with Crippen LogP contribution in [0.25, 0.3) is 0 Å². The monoisotopic (exact) mass is 235 g/mol. The van der Waals surface area contributed by atoms with Crippen LogP contribution in [0.15, 0.2) is 18.6 Å². The number of nitrogens with one attached hydrogen (secondary N) is 1. The van der Waals surface area contributed by atoms with Gasteiger partial charge in [0.15, 0.2) is 0 Å². The van der Waals surface area contributed by atoms with Crippen LogP contribution in [0.4, 0.5) is 13.2 Å². The van der Waals surface area contributed by atoms with Crippen molar-refractivity contribution in [3.05, 3.63) is 24.3 Å². The highest BCUT2D eigenvalue weighted by Crippen LogP contribution is 2.20. The molecule has 7 heteroatoms. The van der Waals surface area contributed by atoms with E-state index in [4.69, 9.17) is 5.11 Å². The summed E-state index contributed by atoms with van der Waals surface area (Å²) in [4.78, 5) is 7.62. The fourth-order valence-corrected chi connectivity index (χ4v) is 1.11. The molecule has 0 radical (unpaired) electrons. The number of alkyl halides is 3. The lowest BCUT2D eigenvalue weighted by atomic mass is 9.99. The predicted octanol–water partition coefficient (Wildman–Crippen LogP) is 0.836. The van der Waals surface area contributed by atoms with E-state index >= 15 is 0 Å². The summed E-state index contributed by atoms with van der Waals surface area (Å²) in [5.41, 5.74) is -0.981. The maximum Gasteiger partial charge on any atom is 0.401 e. The first-order valence-electron chi connectivity index (χ1n) is 4.56. The predicted molar refractivity (Wildman–Crippen MR) is 50.5 cm³/mol. The molecule has 1 atom stereocenters. The molecule has 0 aliphatic rings. The quantitative estimate of drug-likeness (QED) is 0.811. The molecule has 0 saturated carbocycles. The molecule has 4 nitrogen and oxygen atoms in total. The van der Waals surface area contributed by atoms with Crippen molar-refractivity contribution in [2.45, 2.75) is 18.6 Å². The number of hydrogen-bond donors (Lipinski definition) is 2. The molecular weight excluding hydrogens is 223 g/mol. The van der Waals surface area contributed by atoms with Gasteiger partial charge in [-0.1, -0.05) is 0 Å². The molecule has 1 rings (SSSR count). The summed E-state index contributed by atoms with van der Waals surface area (Å²) in [7, 11) is 0. The fraction of sp³-hybridized carbons (Fsp3) is 0.556. The molecule has 16 heavy (non-hydrogen) atoms. The van der Waals surface area contributed by atoms with Crippen LogP contribution in [0.1, 0.15) is 12.6 Å². The van der Waals surface area contributed by atoms with E-state index in [9.17, 15) is 13.2 Å². The molecule has 0 bridgehead atoms.